The van der Waals surface area contributed by atoms with E-state index < -0.39 is 18.0 Å². The Morgan fingerprint density at radius 2 is 1.58 bits per heavy atom. The summed E-state index contributed by atoms with van der Waals surface area (Å²) in [7, 11) is 0. The third kappa shape index (κ3) is 8.62. The van der Waals surface area contributed by atoms with E-state index in [2.05, 4.69) is 24.8 Å². The molecule has 2 amide bonds. The van der Waals surface area contributed by atoms with E-state index in [4.69, 9.17) is 9.15 Å². The molecule has 1 N–H and O–H groups in total. The van der Waals surface area contributed by atoms with Gasteiger partial charge in [-0.25, -0.2) is 4.98 Å². The van der Waals surface area contributed by atoms with Crippen molar-refractivity contribution in [1.29, 1.82) is 0 Å². The Balaban J connectivity index is 1.13. The van der Waals surface area contributed by atoms with Crippen molar-refractivity contribution >= 4 is 11.8 Å². The van der Waals surface area contributed by atoms with Crippen LogP contribution in [0.25, 0.3) is 0 Å². The number of carbonyl (C=O) groups is 2. The van der Waals surface area contributed by atoms with E-state index in [1.165, 1.54) is 44.3 Å². The Hall–Kier alpha value is -3.32. The fourth-order valence-corrected chi connectivity index (χ4v) is 4.46. The number of hydrogen-bond acceptors (Lipinski definition) is 8. The van der Waals surface area contributed by atoms with Crippen LogP contribution < -0.4 is 14.8 Å². The van der Waals surface area contributed by atoms with Gasteiger partial charge in [0.25, 0.3) is 11.8 Å². The molecule has 0 radical (unpaired) electrons. The maximum absolute atomic E-state index is 12.8. The molecule has 2 aliphatic heterocycles. The lowest BCUT2D eigenvalue weighted by Crippen LogP contribution is -2.49. The summed E-state index contributed by atoms with van der Waals surface area (Å²) in [5.74, 6) is -0.712. The Labute approximate surface area is 218 Å². The molecule has 0 spiro atoms. The number of benzene rings is 1. The quantitative estimate of drug-likeness (QED) is 0.465. The first-order chi connectivity index (χ1) is 18.2. The second kappa shape index (κ2) is 13.0. The van der Waals surface area contributed by atoms with E-state index in [1.54, 1.807) is 4.90 Å². The van der Waals surface area contributed by atoms with Crippen molar-refractivity contribution < 1.29 is 36.7 Å². The molecule has 0 bridgehead atoms. The molecule has 0 atom stereocenters. The van der Waals surface area contributed by atoms with Crippen LogP contribution in [-0.4, -0.2) is 96.8 Å². The predicted molar refractivity (Wildman–Crippen MR) is 130 cm³/mol. The Kier molecular flexibility index (Phi) is 9.45. The largest absolute Gasteiger partial charge is 0.573 e. The highest BCUT2D eigenvalue weighted by molar-refractivity contribution is 5.92. The first-order valence-corrected chi connectivity index (χ1v) is 12.7. The van der Waals surface area contributed by atoms with Crippen LogP contribution >= 0.6 is 0 Å². The number of halogens is 3. The summed E-state index contributed by atoms with van der Waals surface area (Å²) in [6, 6.07) is 4.69. The van der Waals surface area contributed by atoms with Gasteiger partial charge in [-0.2, -0.15) is 0 Å². The molecule has 1 aromatic carbocycles. The van der Waals surface area contributed by atoms with Crippen LogP contribution in [0.15, 0.2) is 34.9 Å². The maximum Gasteiger partial charge on any atom is 0.573 e. The van der Waals surface area contributed by atoms with Crippen molar-refractivity contribution in [2.45, 2.75) is 32.2 Å². The highest BCUT2D eigenvalue weighted by Gasteiger charge is 2.31. The minimum atomic E-state index is -4.78. The number of hydrogen-bond donors (Lipinski definition) is 1. The van der Waals surface area contributed by atoms with Gasteiger partial charge in [0.1, 0.15) is 17.8 Å². The molecular weight excluding hydrogens is 507 g/mol. The Bertz CT molecular complexity index is 1050. The van der Waals surface area contributed by atoms with Crippen molar-refractivity contribution in [3.05, 3.63) is 42.1 Å². The zero-order valence-electron chi connectivity index (χ0n) is 21.0. The van der Waals surface area contributed by atoms with Crippen LogP contribution in [0.2, 0.25) is 0 Å². The van der Waals surface area contributed by atoms with E-state index in [1.807, 2.05) is 0 Å². The minimum absolute atomic E-state index is 0.0430. The summed E-state index contributed by atoms with van der Waals surface area (Å²) < 4.78 is 51.0. The topological polar surface area (TPSA) is 100 Å². The number of nitrogens with zero attached hydrogens (tertiary/aromatic N) is 4. The number of oxazole rings is 1. The molecule has 10 nitrogen and oxygen atoms in total. The van der Waals surface area contributed by atoms with Crippen LogP contribution in [0.1, 0.15) is 35.6 Å². The number of rotatable bonds is 11. The van der Waals surface area contributed by atoms with Crippen LogP contribution in [0.3, 0.4) is 0 Å². The fourth-order valence-electron chi connectivity index (χ4n) is 4.46. The van der Waals surface area contributed by atoms with E-state index in [-0.39, 0.29) is 36.4 Å². The van der Waals surface area contributed by atoms with E-state index >= 15 is 0 Å². The number of carbonyl (C=O) groups excluding carboxylic acids is 2. The molecule has 2 fully saturated rings. The summed E-state index contributed by atoms with van der Waals surface area (Å²) in [6.45, 7) is 7.08. The van der Waals surface area contributed by atoms with Crippen molar-refractivity contribution in [2.75, 3.05) is 59.0 Å². The SMILES string of the molecule is O=C(COc1ccc(OC(F)(F)F)cc1)NCc1nc(C(=O)N2CCN(CCCN3CCCC3)CC2)co1. The standard InChI is InChI=1S/C25H32F3N5O5/c26-25(27,28)38-20-6-4-19(5-7-20)36-18-22(34)29-16-23-30-21(17-37-23)24(35)33-14-12-32(13-15-33)11-3-10-31-8-1-2-9-31/h4-7,17H,1-3,8-16,18H2,(H,29,34). The first-order valence-electron chi connectivity index (χ1n) is 12.7. The molecule has 0 saturated carbocycles. The first kappa shape index (κ1) is 27.7. The molecule has 0 aliphatic carbocycles. The normalized spacial score (nSPS) is 17.0. The Morgan fingerprint density at radius 3 is 2.24 bits per heavy atom. The molecular formula is C25H32F3N5O5. The van der Waals surface area contributed by atoms with Gasteiger partial charge in [0.05, 0.1) is 6.54 Å². The fraction of sp³-hybridized carbons (Fsp3) is 0.560. The lowest BCUT2D eigenvalue weighted by atomic mass is 10.2. The second-order valence-corrected chi connectivity index (χ2v) is 9.25. The number of aromatic nitrogens is 1. The summed E-state index contributed by atoms with van der Waals surface area (Å²) in [4.78, 5) is 35.7. The zero-order valence-corrected chi connectivity index (χ0v) is 21.0. The smallest absolute Gasteiger partial charge is 0.484 e. The molecule has 13 heteroatoms. The van der Waals surface area contributed by atoms with Crippen LogP contribution in [0.5, 0.6) is 11.5 Å². The monoisotopic (exact) mass is 539 g/mol. The molecule has 2 aliphatic rings. The predicted octanol–water partition coefficient (Wildman–Crippen LogP) is 2.51. The van der Waals surface area contributed by atoms with Gasteiger partial charge in [0, 0.05) is 26.2 Å². The van der Waals surface area contributed by atoms with Gasteiger partial charge in [-0.15, -0.1) is 13.2 Å². The molecule has 2 saturated heterocycles. The van der Waals surface area contributed by atoms with Gasteiger partial charge in [-0.3, -0.25) is 14.5 Å². The van der Waals surface area contributed by atoms with Gasteiger partial charge in [-0.05, 0) is 69.7 Å². The highest BCUT2D eigenvalue weighted by atomic mass is 19.4. The minimum Gasteiger partial charge on any atom is -0.484 e. The number of ether oxygens (including phenoxy) is 2. The lowest BCUT2D eigenvalue weighted by Gasteiger charge is -2.34. The van der Waals surface area contributed by atoms with Gasteiger partial charge in [0.15, 0.2) is 12.3 Å². The lowest BCUT2D eigenvalue weighted by molar-refractivity contribution is -0.274. The number of likely N-dealkylation sites (tertiary alicyclic amines) is 1. The third-order valence-corrected chi connectivity index (χ3v) is 6.44. The van der Waals surface area contributed by atoms with Gasteiger partial charge >= 0.3 is 6.36 Å². The molecule has 3 heterocycles. The van der Waals surface area contributed by atoms with E-state index in [0.29, 0.717) is 13.1 Å². The van der Waals surface area contributed by atoms with Crippen LogP contribution in [0.4, 0.5) is 13.2 Å². The number of alkyl halides is 3. The molecule has 1 aromatic heterocycles. The Morgan fingerprint density at radius 1 is 0.947 bits per heavy atom. The maximum atomic E-state index is 12.8. The summed E-state index contributed by atoms with van der Waals surface area (Å²) in [6.07, 6.45) is 0.244. The summed E-state index contributed by atoms with van der Waals surface area (Å²) >= 11 is 0. The van der Waals surface area contributed by atoms with Crippen molar-refractivity contribution in [1.82, 2.24) is 25.0 Å². The molecule has 38 heavy (non-hydrogen) atoms. The summed E-state index contributed by atoms with van der Waals surface area (Å²) in [5, 5.41) is 2.56. The number of amides is 2. The third-order valence-electron chi connectivity index (χ3n) is 6.44. The number of piperazine rings is 1. The van der Waals surface area contributed by atoms with Gasteiger partial charge in [-0.1, -0.05) is 0 Å². The van der Waals surface area contributed by atoms with Gasteiger partial charge in [0.2, 0.25) is 5.89 Å². The van der Waals surface area contributed by atoms with Crippen LogP contribution in [-0.2, 0) is 11.3 Å². The molecule has 0 unspecified atom stereocenters. The average molecular weight is 540 g/mol. The van der Waals surface area contributed by atoms with Crippen molar-refractivity contribution in [3.8, 4) is 11.5 Å². The number of nitrogens with one attached hydrogen (secondary N) is 1. The van der Waals surface area contributed by atoms with Crippen molar-refractivity contribution in [3.63, 3.8) is 0 Å². The second-order valence-electron chi connectivity index (χ2n) is 9.25. The van der Waals surface area contributed by atoms with Crippen LogP contribution in [0, 0.1) is 0 Å². The van der Waals surface area contributed by atoms with Gasteiger partial charge < -0.3 is 29.0 Å². The summed E-state index contributed by atoms with van der Waals surface area (Å²) in [5.41, 5.74) is 0.189. The molecule has 2 aromatic rings. The van der Waals surface area contributed by atoms with E-state index in [9.17, 15) is 22.8 Å². The molecule has 4 rings (SSSR count). The highest BCUT2D eigenvalue weighted by Crippen LogP contribution is 2.24. The average Bonchev–Trinajstić information content (AvgIpc) is 3.59. The van der Waals surface area contributed by atoms with Crippen molar-refractivity contribution in [2.24, 2.45) is 0 Å². The van der Waals surface area contributed by atoms with E-state index in [0.717, 1.165) is 44.7 Å². The zero-order chi connectivity index (χ0) is 27.0. The molecule has 208 valence electrons.